The first-order valence-corrected chi connectivity index (χ1v) is 17.0. The molecular weight excluding hydrogens is 645 g/mol. The first-order valence-electron chi connectivity index (χ1n) is 17.0. The number of carbonyl (C=O) groups excluding carboxylic acids is 6. The number of amides is 6. The van der Waals surface area contributed by atoms with E-state index in [1.807, 2.05) is 13.8 Å². The zero-order valence-corrected chi connectivity index (χ0v) is 30.3. The van der Waals surface area contributed by atoms with E-state index in [1.165, 1.54) is 11.0 Å². The molecule has 280 valence electrons. The molecule has 0 aromatic rings. The third kappa shape index (κ3) is 15.2. The Bertz CT molecular complexity index is 1160. The molecule has 2 saturated heterocycles. The monoisotopic (exact) mass is 702 g/mol. The number of ketones is 1. The summed E-state index contributed by atoms with van der Waals surface area (Å²) in [6.45, 7) is 19.8. The molecule has 2 fully saturated rings. The van der Waals surface area contributed by atoms with Crippen LogP contribution in [0.3, 0.4) is 0 Å². The maximum absolute atomic E-state index is 14.0. The van der Waals surface area contributed by atoms with Crippen LogP contribution in [0.1, 0.15) is 87.5 Å². The number of urea groups is 1. The summed E-state index contributed by atoms with van der Waals surface area (Å²) in [5.41, 5.74) is -0.848. The van der Waals surface area contributed by atoms with Gasteiger partial charge in [0.25, 0.3) is 5.91 Å². The van der Waals surface area contributed by atoms with Crippen molar-refractivity contribution in [2.45, 2.75) is 112 Å². The molecule has 0 saturated carbocycles. The number of likely N-dealkylation sites (tertiary alicyclic amines) is 2. The van der Waals surface area contributed by atoms with Crippen LogP contribution < -0.4 is 21.3 Å². The van der Waals surface area contributed by atoms with Gasteiger partial charge in [0.2, 0.25) is 23.5 Å². The van der Waals surface area contributed by atoms with E-state index in [-0.39, 0.29) is 43.8 Å². The number of nitrogens with one attached hydrogen (secondary N) is 4. The first kappa shape index (κ1) is 43.4. The highest BCUT2D eigenvalue weighted by molar-refractivity contribution is 6.38. The molecule has 0 aromatic carbocycles. The van der Waals surface area contributed by atoms with Crippen LogP contribution in [0.2, 0.25) is 0 Å². The van der Waals surface area contributed by atoms with Crippen molar-refractivity contribution in [3.8, 4) is 0 Å². The van der Waals surface area contributed by atoms with Crippen LogP contribution in [-0.2, 0) is 24.0 Å². The second-order valence-corrected chi connectivity index (χ2v) is 14.8. The van der Waals surface area contributed by atoms with Crippen LogP contribution in [0.4, 0.5) is 18.0 Å². The Morgan fingerprint density at radius 3 is 1.98 bits per heavy atom. The van der Waals surface area contributed by atoms with Crippen molar-refractivity contribution < 1.29 is 41.9 Å². The van der Waals surface area contributed by atoms with Crippen molar-refractivity contribution in [2.75, 3.05) is 32.7 Å². The predicted molar refractivity (Wildman–Crippen MR) is 180 cm³/mol. The highest BCUT2D eigenvalue weighted by Crippen LogP contribution is 2.32. The van der Waals surface area contributed by atoms with Crippen molar-refractivity contribution in [2.24, 2.45) is 23.2 Å². The van der Waals surface area contributed by atoms with Gasteiger partial charge in [-0.15, -0.1) is 6.58 Å². The largest absolute Gasteiger partial charge is 0.389 e. The topological polar surface area (TPSA) is 157 Å². The molecule has 2 aliphatic rings. The van der Waals surface area contributed by atoms with Gasteiger partial charge in [0.15, 0.2) is 0 Å². The van der Waals surface area contributed by atoms with E-state index in [0.717, 1.165) is 18.8 Å². The lowest BCUT2D eigenvalue weighted by Gasteiger charge is -2.35. The number of rotatable bonds is 13. The maximum Gasteiger partial charge on any atom is 0.389 e. The summed E-state index contributed by atoms with van der Waals surface area (Å²) < 4.78 is 39.2. The molecule has 15 heteroatoms. The Morgan fingerprint density at radius 1 is 0.918 bits per heavy atom. The van der Waals surface area contributed by atoms with Crippen molar-refractivity contribution in [3.05, 3.63) is 12.7 Å². The molecule has 0 radical (unpaired) electrons. The zero-order valence-electron chi connectivity index (χ0n) is 30.3. The number of hydrogen-bond donors (Lipinski definition) is 4. The average molecular weight is 703 g/mol. The summed E-state index contributed by atoms with van der Waals surface area (Å²) >= 11 is 0. The fraction of sp³-hybridized carbons (Fsp3) is 0.765. The van der Waals surface area contributed by atoms with E-state index in [1.54, 1.807) is 25.7 Å². The van der Waals surface area contributed by atoms with Gasteiger partial charge in [-0.1, -0.05) is 61.5 Å². The van der Waals surface area contributed by atoms with Crippen molar-refractivity contribution in [3.63, 3.8) is 0 Å². The van der Waals surface area contributed by atoms with Gasteiger partial charge in [-0.2, -0.15) is 13.2 Å². The number of alkyl halides is 3. The molecule has 0 bridgehead atoms. The fourth-order valence-electron chi connectivity index (χ4n) is 5.33. The van der Waals surface area contributed by atoms with Crippen molar-refractivity contribution in [1.82, 2.24) is 31.1 Å². The Kier molecular flexibility index (Phi) is 17.3. The normalized spacial score (nSPS) is 19.0. The van der Waals surface area contributed by atoms with Gasteiger partial charge >= 0.3 is 12.2 Å². The quantitative estimate of drug-likeness (QED) is 0.170. The van der Waals surface area contributed by atoms with Gasteiger partial charge in [0.1, 0.15) is 12.1 Å². The van der Waals surface area contributed by atoms with Crippen molar-refractivity contribution in [1.29, 1.82) is 0 Å². The molecule has 0 aromatic heterocycles. The molecule has 6 amide bonds. The summed E-state index contributed by atoms with van der Waals surface area (Å²) in [5.74, 6) is -3.47. The first-order chi connectivity index (χ1) is 22.6. The van der Waals surface area contributed by atoms with E-state index in [2.05, 4.69) is 48.6 Å². The minimum Gasteiger partial charge on any atom is -0.346 e. The van der Waals surface area contributed by atoms with Gasteiger partial charge in [-0.3, -0.25) is 24.0 Å². The average Bonchev–Trinajstić information content (AvgIpc) is 3.69. The van der Waals surface area contributed by atoms with Crippen LogP contribution >= 0.6 is 0 Å². The van der Waals surface area contributed by atoms with Gasteiger partial charge in [0.05, 0.1) is 12.6 Å². The van der Waals surface area contributed by atoms with Crippen LogP contribution in [0.5, 0.6) is 0 Å². The zero-order chi connectivity index (χ0) is 37.7. The van der Waals surface area contributed by atoms with Crippen LogP contribution in [0, 0.1) is 23.2 Å². The van der Waals surface area contributed by atoms with E-state index in [0.29, 0.717) is 13.1 Å². The smallest absolute Gasteiger partial charge is 0.346 e. The van der Waals surface area contributed by atoms with Gasteiger partial charge in [0, 0.05) is 32.6 Å². The third-order valence-electron chi connectivity index (χ3n) is 8.09. The standard InChI is InChI=1S/C30H47F3N6O6.C4H10/c1-7-12-34-26(43)23(41)20(10-11-30(31,32)33)36-25(42)21-15-19(18(2)3)17-39(21)27(44)24(29(4,5)6)37-28(45)35-16-22(40)38-13-8-9-14-38;1-4(2)3/h7,18-21,24H,1,8-17H2,2-6H3,(H,34,43)(H,36,42)(H2,35,37,45);4H,1-3H3/t19-,20?,21?,24?;/m1./s1. The molecule has 0 spiro atoms. The lowest BCUT2D eigenvalue weighted by molar-refractivity contribution is -0.147. The van der Waals surface area contributed by atoms with Gasteiger partial charge in [-0.05, 0) is 48.9 Å². The molecule has 2 heterocycles. The highest BCUT2D eigenvalue weighted by Gasteiger charge is 2.46. The van der Waals surface area contributed by atoms with Gasteiger partial charge < -0.3 is 31.1 Å². The summed E-state index contributed by atoms with van der Waals surface area (Å²) in [7, 11) is 0. The molecule has 49 heavy (non-hydrogen) atoms. The summed E-state index contributed by atoms with van der Waals surface area (Å²) in [4.78, 5) is 80.7. The van der Waals surface area contributed by atoms with Crippen molar-refractivity contribution >= 4 is 35.4 Å². The predicted octanol–water partition coefficient (Wildman–Crippen LogP) is 3.56. The molecule has 12 nitrogen and oxygen atoms in total. The van der Waals surface area contributed by atoms with E-state index >= 15 is 0 Å². The Hall–Kier alpha value is -3.65. The lowest BCUT2D eigenvalue weighted by atomic mass is 9.85. The van der Waals surface area contributed by atoms with E-state index < -0.39 is 72.1 Å². The molecule has 0 aliphatic carbocycles. The van der Waals surface area contributed by atoms with E-state index in [4.69, 9.17) is 0 Å². The molecule has 4 atom stereocenters. The summed E-state index contributed by atoms with van der Waals surface area (Å²) in [5, 5.41) is 9.63. The molecule has 4 N–H and O–H groups in total. The molecule has 2 rings (SSSR count). The minimum absolute atomic E-state index is 0.0198. The summed E-state index contributed by atoms with van der Waals surface area (Å²) in [6, 6.07) is -4.85. The number of halogens is 3. The Labute approximate surface area is 288 Å². The SMILES string of the molecule is C=CCNC(=O)C(=O)C(CCC(F)(F)F)NC(=O)C1C[C@@H](C(C)C)CN1C(=O)C(NC(=O)NCC(=O)N1CCCC1)C(C)(C)C.CC(C)C. The number of Topliss-reactive ketones (excluding diaryl/α,β-unsaturated/α-hetero) is 1. The maximum atomic E-state index is 14.0. The Morgan fingerprint density at radius 2 is 1.49 bits per heavy atom. The van der Waals surface area contributed by atoms with Crippen LogP contribution in [0.25, 0.3) is 0 Å². The summed E-state index contributed by atoms with van der Waals surface area (Å²) in [6.07, 6.45) is -3.72. The molecular formula is C34H57F3N6O6. The lowest BCUT2D eigenvalue weighted by Crippen LogP contribution is -2.60. The molecule has 2 aliphatic heterocycles. The number of nitrogens with zero attached hydrogens (tertiary/aromatic N) is 2. The second-order valence-electron chi connectivity index (χ2n) is 14.8. The third-order valence-corrected chi connectivity index (χ3v) is 8.09. The Balaban J connectivity index is 0.00000283. The van der Waals surface area contributed by atoms with Gasteiger partial charge in [-0.25, -0.2) is 4.79 Å². The number of hydrogen-bond acceptors (Lipinski definition) is 6. The minimum atomic E-state index is -4.65. The fourth-order valence-corrected chi connectivity index (χ4v) is 5.33. The highest BCUT2D eigenvalue weighted by atomic mass is 19.4. The van der Waals surface area contributed by atoms with E-state index in [9.17, 15) is 41.9 Å². The van der Waals surface area contributed by atoms with Crippen LogP contribution in [-0.4, -0.2) is 102 Å². The number of carbonyl (C=O) groups is 6. The second kappa shape index (κ2) is 19.5. The molecule has 3 unspecified atom stereocenters. The van der Waals surface area contributed by atoms with Crippen LogP contribution in [0.15, 0.2) is 12.7 Å².